The molecule has 0 heterocycles. The first-order valence-corrected chi connectivity index (χ1v) is 5.31. The SMILES string of the molecule is CCC(O)C(O)c1ccc(C(F)(F)F)cc1C. The highest BCUT2D eigenvalue weighted by molar-refractivity contribution is 5.34. The Morgan fingerprint density at radius 2 is 1.82 bits per heavy atom. The molecule has 5 heteroatoms. The zero-order valence-electron chi connectivity index (χ0n) is 9.62. The van der Waals surface area contributed by atoms with E-state index in [1.807, 2.05) is 0 Å². The zero-order valence-corrected chi connectivity index (χ0v) is 9.62. The van der Waals surface area contributed by atoms with Crippen LogP contribution < -0.4 is 0 Å². The van der Waals surface area contributed by atoms with E-state index in [9.17, 15) is 23.4 Å². The van der Waals surface area contributed by atoms with Crippen molar-refractivity contribution in [3.05, 3.63) is 34.9 Å². The van der Waals surface area contributed by atoms with Crippen LogP contribution in [0.25, 0.3) is 0 Å². The number of hydrogen-bond acceptors (Lipinski definition) is 2. The first-order valence-electron chi connectivity index (χ1n) is 5.31. The second kappa shape index (κ2) is 5.06. The molecule has 0 aliphatic rings. The molecule has 0 aromatic heterocycles. The quantitative estimate of drug-likeness (QED) is 0.863. The van der Waals surface area contributed by atoms with Crippen molar-refractivity contribution in [2.45, 2.75) is 38.7 Å². The van der Waals surface area contributed by atoms with Gasteiger partial charge in [0.05, 0.1) is 11.7 Å². The Morgan fingerprint density at radius 3 is 2.24 bits per heavy atom. The monoisotopic (exact) mass is 248 g/mol. The van der Waals surface area contributed by atoms with Gasteiger partial charge in [0.25, 0.3) is 0 Å². The number of hydrogen-bond donors (Lipinski definition) is 2. The summed E-state index contributed by atoms with van der Waals surface area (Å²) >= 11 is 0. The molecule has 96 valence electrons. The Labute approximate surface area is 97.7 Å². The number of benzene rings is 1. The lowest BCUT2D eigenvalue weighted by Gasteiger charge is -2.19. The van der Waals surface area contributed by atoms with Gasteiger partial charge in [0.2, 0.25) is 0 Å². The third-order valence-electron chi connectivity index (χ3n) is 2.70. The van der Waals surface area contributed by atoms with Gasteiger partial charge in [-0.05, 0) is 36.6 Å². The minimum Gasteiger partial charge on any atom is -0.390 e. The summed E-state index contributed by atoms with van der Waals surface area (Å²) in [6.07, 6.45) is -6.17. The molecule has 2 atom stereocenters. The van der Waals surface area contributed by atoms with Crippen LogP contribution in [0, 0.1) is 6.92 Å². The van der Waals surface area contributed by atoms with Gasteiger partial charge in [-0.3, -0.25) is 0 Å². The molecule has 0 spiro atoms. The van der Waals surface area contributed by atoms with E-state index in [0.717, 1.165) is 12.1 Å². The van der Waals surface area contributed by atoms with Gasteiger partial charge in [0.1, 0.15) is 6.10 Å². The molecule has 1 aromatic rings. The highest BCUT2D eigenvalue weighted by atomic mass is 19.4. The van der Waals surface area contributed by atoms with Gasteiger partial charge in [-0.15, -0.1) is 0 Å². The topological polar surface area (TPSA) is 40.5 Å². The maximum absolute atomic E-state index is 12.4. The lowest BCUT2D eigenvalue weighted by Crippen LogP contribution is -2.18. The normalized spacial score (nSPS) is 15.7. The fourth-order valence-electron chi connectivity index (χ4n) is 1.61. The molecular formula is C12H15F3O2. The first kappa shape index (κ1) is 14.0. The van der Waals surface area contributed by atoms with E-state index >= 15 is 0 Å². The van der Waals surface area contributed by atoms with Crippen LogP contribution in [0.4, 0.5) is 13.2 Å². The predicted molar refractivity (Wildman–Crippen MR) is 57.4 cm³/mol. The summed E-state index contributed by atoms with van der Waals surface area (Å²) in [5, 5.41) is 19.2. The number of alkyl halides is 3. The molecule has 1 rings (SSSR count). The third-order valence-corrected chi connectivity index (χ3v) is 2.70. The van der Waals surface area contributed by atoms with Crippen molar-refractivity contribution in [3.63, 3.8) is 0 Å². The Balaban J connectivity index is 3.06. The Kier molecular flexibility index (Phi) is 4.16. The van der Waals surface area contributed by atoms with E-state index in [-0.39, 0.29) is 0 Å². The van der Waals surface area contributed by atoms with Crippen molar-refractivity contribution in [1.82, 2.24) is 0 Å². The first-order chi connectivity index (χ1) is 7.77. The fourth-order valence-corrected chi connectivity index (χ4v) is 1.61. The molecule has 2 unspecified atom stereocenters. The van der Waals surface area contributed by atoms with E-state index in [0.29, 0.717) is 17.5 Å². The molecule has 0 saturated carbocycles. The highest BCUT2D eigenvalue weighted by Gasteiger charge is 2.31. The van der Waals surface area contributed by atoms with Crippen LogP contribution in [0.5, 0.6) is 0 Å². The van der Waals surface area contributed by atoms with Gasteiger partial charge in [0, 0.05) is 0 Å². The minimum atomic E-state index is -4.39. The lowest BCUT2D eigenvalue weighted by molar-refractivity contribution is -0.137. The molecule has 2 nitrogen and oxygen atoms in total. The van der Waals surface area contributed by atoms with Crippen LogP contribution in [0.2, 0.25) is 0 Å². The van der Waals surface area contributed by atoms with Crippen LogP contribution in [0.15, 0.2) is 18.2 Å². The zero-order chi connectivity index (χ0) is 13.2. The average molecular weight is 248 g/mol. The van der Waals surface area contributed by atoms with Crippen LogP contribution in [0.3, 0.4) is 0 Å². The maximum Gasteiger partial charge on any atom is 0.416 e. The molecule has 0 saturated heterocycles. The van der Waals surface area contributed by atoms with E-state index in [4.69, 9.17) is 0 Å². The standard InChI is InChI=1S/C12H15F3O2/c1-3-10(16)11(17)9-5-4-8(6-7(9)2)12(13,14)15/h4-6,10-11,16-17H,3H2,1-2H3. The van der Waals surface area contributed by atoms with Crippen molar-refractivity contribution in [1.29, 1.82) is 0 Å². The van der Waals surface area contributed by atoms with Gasteiger partial charge in [-0.1, -0.05) is 13.0 Å². The highest BCUT2D eigenvalue weighted by Crippen LogP contribution is 2.32. The molecular weight excluding hydrogens is 233 g/mol. The third kappa shape index (κ3) is 3.20. The summed E-state index contributed by atoms with van der Waals surface area (Å²) in [5.41, 5.74) is -0.107. The molecule has 17 heavy (non-hydrogen) atoms. The van der Waals surface area contributed by atoms with Crippen LogP contribution >= 0.6 is 0 Å². The summed E-state index contributed by atoms with van der Waals surface area (Å²) < 4.78 is 37.2. The van der Waals surface area contributed by atoms with Gasteiger partial charge in [-0.2, -0.15) is 13.2 Å². The molecule has 0 aliphatic carbocycles. The summed E-state index contributed by atoms with van der Waals surface area (Å²) in [5.74, 6) is 0. The molecule has 0 radical (unpaired) electrons. The van der Waals surface area contributed by atoms with Crippen LogP contribution in [0.1, 0.15) is 36.1 Å². The summed E-state index contributed by atoms with van der Waals surface area (Å²) in [6.45, 7) is 3.17. The van der Waals surface area contributed by atoms with E-state index in [1.165, 1.54) is 13.0 Å². The van der Waals surface area contributed by atoms with Crippen molar-refractivity contribution in [2.24, 2.45) is 0 Å². The molecule has 0 fully saturated rings. The van der Waals surface area contributed by atoms with Gasteiger partial charge < -0.3 is 10.2 Å². The van der Waals surface area contributed by atoms with E-state index < -0.39 is 23.9 Å². The fraction of sp³-hybridized carbons (Fsp3) is 0.500. The molecule has 2 N–H and O–H groups in total. The van der Waals surface area contributed by atoms with E-state index in [1.54, 1.807) is 6.92 Å². The smallest absolute Gasteiger partial charge is 0.390 e. The van der Waals surface area contributed by atoms with Crippen molar-refractivity contribution in [3.8, 4) is 0 Å². The Morgan fingerprint density at radius 1 is 1.24 bits per heavy atom. The van der Waals surface area contributed by atoms with Gasteiger partial charge in [-0.25, -0.2) is 0 Å². The molecule has 0 amide bonds. The Bertz CT molecular complexity index is 388. The number of aliphatic hydroxyl groups is 2. The average Bonchev–Trinajstić information content (AvgIpc) is 2.25. The number of aryl methyl sites for hydroxylation is 1. The van der Waals surface area contributed by atoms with Gasteiger partial charge >= 0.3 is 6.18 Å². The van der Waals surface area contributed by atoms with Gasteiger partial charge in [0.15, 0.2) is 0 Å². The number of rotatable bonds is 3. The number of aliphatic hydroxyl groups excluding tert-OH is 2. The lowest BCUT2D eigenvalue weighted by atomic mass is 9.96. The van der Waals surface area contributed by atoms with Crippen molar-refractivity contribution >= 4 is 0 Å². The van der Waals surface area contributed by atoms with Crippen molar-refractivity contribution in [2.75, 3.05) is 0 Å². The summed E-state index contributed by atoms with van der Waals surface area (Å²) in [7, 11) is 0. The molecule has 0 aliphatic heterocycles. The summed E-state index contributed by atoms with van der Waals surface area (Å²) in [4.78, 5) is 0. The Hall–Kier alpha value is -1.07. The largest absolute Gasteiger partial charge is 0.416 e. The van der Waals surface area contributed by atoms with E-state index in [2.05, 4.69) is 0 Å². The second-order valence-corrected chi connectivity index (χ2v) is 3.99. The predicted octanol–water partition coefficient (Wildman–Crippen LogP) is 2.82. The number of halogens is 3. The molecule has 1 aromatic carbocycles. The second-order valence-electron chi connectivity index (χ2n) is 3.99. The maximum atomic E-state index is 12.4. The van der Waals surface area contributed by atoms with Crippen LogP contribution in [-0.4, -0.2) is 16.3 Å². The summed E-state index contributed by atoms with van der Waals surface area (Å²) in [6, 6.07) is 3.09. The minimum absolute atomic E-state index is 0.319. The van der Waals surface area contributed by atoms with Crippen molar-refractivity contribution < 1.29 is 23.4 Å². The van der Waals surface area contributed by atoms with Crippen LogP contribution in [-0.2, 0) is 6.18 Å². The molecule has 0 bridgehead atoms.